The molecule has 140 valence electrons. The van der Waals surface area contributed by atoms with Crippen molar-refractivity contribution in [1.29, 1.82) is 0 Å². The highest BCUT2D eigenvalue weighted by Crippen LogP contribution is 2.37. The number of benzene rings is 1. The Morgan fingerprint density at radius 1 is 1.16 bits per heavy atom. The first-order chi connectivity index (χ1) is 11.4. The number of hydrogen-bond acceptors (Lipinski definition) is 4. The molecule has 0 aliphatic heterocycles. The number of aliphatic hydroxyl groups excluding tert-OH is 1. The zero-order valence-electron chi connectivity index (χ0n) is 13.3. The molecule has 0 radical (unpaired) electrons. The minimum Gasteiger partial charge on any atom is -0.440 e. The van der Waals surface area contributed by atoms with Gasteiger partial charge in [-0.2, -0.15) is 26.3 Å². The number of oxazole rings is 1. The Bertz CT molecular complexity index is 736. The summed E-state index contributed by atoms with van der Waals surface area (Å²) >= 11 is 0. The Balaban J connectivity index is 2.29. The van der Waals surface area contributed by atoms with Gasteiger partial charge >= 0.3 is 12.4 Å². The minimum atomic E-state index is -4.80. The van der Waals surface area contributed by atoms with Gasteiger partial charge in [-0.1, -0.05) is 13.8 Å². The fraction of sp³-hybridized carbons (Fsp3) is 0.533. The molecule has 0 fully saturated rings. The van der Waals surface area contributed by atoms with Crippen LogP contribution in [0.5, 0.6) is 0 Å². The molecule has 0 spiro atoms. The van der Waals surface area contributed by atoms with Crippen molar-refractivity contribution < 1.29 is 35.9 Å². The van der Waals surface area contributed by atoms with E-state index in [4.69, 9.17) is 9.52 Å². The van der Waals surface area contributed by atoms with E-state index in [9.17, 15) is 26.3 Å². The summed E-state index contributed by atoms with van der Waals surface area (Å²) in [6, 6.07) is 2.11. The lowest BCUT2D eigenvalue weighted by molar-refractivity contribution is -0.201. The summed E-state index contributed by atoms with van der Waals surface area (Å²) < 4.78 is 81.5. The molecule has 1 aromatic carbocycles. The molecule has 0 saturated heterocycles. The number of aromatic nitrogens is 1. The molecule has 2 aromatic rings. The summed E-state index contributed by atoms with van der Waals surface area (Å²) in [4.78, 5) is 4.01. The number of aliphatic hydroxyl groups is 1. The smallest absolute Gasteiger partial charge is 0.420 e. The summed E-state index contributed by atoms with van der Waals surface area (Å²) in [5, 5.41) is 11.2. The normalized spacial score (nSPS) is 14.5. The monoisotopic (exact) mass is 370 g/mol. The van der Waals surface area contributed by atoms with E-state index in [0.29, 0.717) is 0 Å². The lowest BCUT2D eigenvalue weighted by Gasteiger charge is -2.15. The van der Waals surface area contributed by atoms with Crippen LogP contribution in [-0.4, -0.2) is 28.9 Å². The zero-order valence-corrected chi connectivity index (χ0v) is 13.3. The summed E-state index contributed by atoms with van der Waals surface area (Å²) in [5.74, 6) is -0.0879. The quantitative estimate of drug-likeness (QED) is 0.782. The van der Waals surface area contributed by atoms with E-state index >= 15 is 0 Å². The number of nitrogens with one attached hydrogen (secondary N) is 1. The number of rotatable bonds is 5. The van der Waals surface area contributed by atoms with Gasteiger partial charge in [-0.25, -0.2) is 4.98 Å². The van der Waals surface area contributed by atoms with E-state index in [1.54, 1.807) is 13.8 Å². The van der Waals surface area contributed by atoms with Crippen LogP contribution in [-0.2, 0) is 12.7 Å². The highest BCUT2D eigenvalue weighted by molar-refractivity contribution is 5.78. The number of nitrogens with zero attached hydrogens (tertiary/aromatic N) is 1. The molecule has 0 amide bonds. The maximum absolute atomic E-state index is 13.2. The van der Waals surface area contributed by atoms with Crippen LogP contribution < -0.4 is 5.32 Å². The van der Waals surface area contributed by atoms with Gasteiger partial charge in [0.15, 0.2) is 17.6 Å². The number of fused-ring (bicyclic) bond motifs is 1. The van der Waals surface area contributed by atoms with Crippen LogP contribution in [0, 0.1) is 0 Å². The summed E-state index contributed by atoms with van der Waals surface area (Å²) in [7, 11) is 0. The minimum absolute atomic E-state index is 0.0216. The van der Waals surface area contributed by atoms with Crippen LogP contribution in [0.2, 0.25) is 0 Å². The molecule has 1 heterocycles. The van der Waals surface area contributed by atoms with Crippen molar-refractivity contribution in [2.24, 2.45) is 0 Å². The fourth-order valence-electron chi connectivity index (χ4n) is 2.14. The van der Waals surface area contributed by atoms with Gasteiger partial charge in [0, 0.05) is 19.0 Å². The second kappa shape index (κ2) is 6.83. The Hall–Kier alpha value is -1.81. The van der Waals surface area contributed by atoms with Gasteiger partial charge in [0.25, 0.3) is 0 Å². The van der Waals surface area contributed by atoms with Crippen LogP contribution >= 0.6 is 0 Å². The van der Waals surface area contributed by atoms with Gasteiger partial charge in [-0.05, 0) is 17.7 Å². The number of halogens is 6. The Kier molecular flexibility index (Phi) is 5.33. The molecular weight excluding hydrogens is 354 g/mol. The average Bonchev–Trinajstić information content (AvgIpc) is 2.88. The van der Waals surface area contributed by atoms with Crippen molar-refractivity contribution in [3.8, 4) is 0 Å². The molecule has 2 N–H and O–H groups in total. The SMILES string of the molecule is CC(C)c1nc2cc(CNC[C@H](O)C(F)(F)F)cc(C(F)(F)F)c2o1. The van der Waals surface area contributed by atoms with Gasteiger partial charge in [0.1, 0.15) is 11.1 Å². The van der Waals surface area contributed by atoms with Crippen molar-refractivity contribution in [2.75, 3.05) is 6.54 Å². The number of hydrogen-bond donors (Lipinski definition) is 2. The first-order valence-electron chi connectivity index (χ1n) is 7.35. The predicted molar refractivity (Wildman–Crippen MR) is 76.9 cm³/mol. The van der Waals surface area contributed by atoms with Gasteiger partial charge < -0.3 is 14.8 Å². The van der Waals surface area contributed by atoms with E-state index in [1.165, 1.54) is 6.07 Å². The highest BCUT2D eigenvalue weighted by Gasteiger charge is 2.38. The van der Waals surface area contributed by atoms with E-state index < -0.39 is 36.1 Å². The summed E-state index contributed by atoms with van der Waals surface area (Å²) in [6.07, 6.45) is -12.1. The summed E-state index contributed by atoms with van der Waals surface area (Å²) in [6.45, 7) is 2.28. The van der Waals surface area contributed by atoms with E-state index in [1.807, 2.05) is 0 Å². The molecule has 0 saturated carbocycles. The van der Waals surface area contributed by atoms with Crippen LogP contribution in [0.1, 0.15) is 36.8 Å². The maximum atomic E-state index is 13.2. The Morgan fingerprint density at radius 3 is 2.32 bits per heavy atom. The van der Waals surface area contributed by atoms with Crippen LogP contribution in [0.25, 0.3) is 11.1 Å². The lowest BCUT2D eigenvalue weighted by atomic mass is 10.1. The molecule has 2 rings (SSSR count). The first kappa shape index (κ1) is 19.5. The second-order valence-corrected chi connectivity index (χ2v) is 5.88. The van der Waals surface area contributed by atoms with Crippen LogP contribution in [0.4, 0.5) is 26.3 Å². The molecule has 0 bridgehead atoms. The van der Waals surface area contributed by atoms with Gasteiger partial charge in [0.2, 0.25) is 0 Å². The van der Waals surface area contributed by atoms with Crippen molar-refractivity contribution in [1.82, 2.24) is 10.3 Å². The molecule has 10 heteroatoms. The van der Waals surface area contributed by atoms with E-state index in [-0.39, 0.29) is 29.4 Å². The van der Waals surface area contributed by atoms with E-state index in [0.717, 1.165) is 6.07 Å². The lowest BCUT2D eigenvalue weighted by Crippen LogP contribution is -2.38. The van der Waals surface area contributed by atoms with Crippen LogP contribution in [0.3, 0.4) is 0 Å². The molecule has 0 aliphatic rings. The Labute approximate surface area is 138 Å². The third-order valence-electron chi connectivity index (χ3n) is 3.41. The van der Waals surface area contributed by atoms with Gasteiger partial charge in [-0.15, -0.1) is 0 Å². The molecule has 1 aromatic heterocycles. The van der Waals surface area contributed by atoms with E-state index in [2.05, 4.69) is 10.3 Å². The molecule has 1 atom stereocenters. The second-order valence-electron chi connectivity index (χ2n) is 5.88. The molecular formula is C15H16F6N2O2. The van der Waals surface area contributed by atoms with Crippen molar-refractivity contribution in [3.05, 3.63) is 29.2 Å². The predicted octanol–water partition coefficient (Wildman–Crippen LogP) is 3.98. The topological polar surface area (TPSA) is 58.3 Å². The van der Waals surface area contributed by atoms with Crippen molar-refractivity contribution in [2.45, 2.75) is 44.8 Å². The third-order valence-corrected chi connectivity index (χ3v) is 3.41. The first-order valence-corrected chi connectivity index (χ1v) is 7.35. The molecule has 0 unspecified atom stereocenters. The maximum Gasteiger partial charge on any atom is 0.420 e. The average molecular weight is 370 g/mol. The summed E-state index contributed by atoms with van der Waals surface area (Å²) in [5.41, 5.74) is -1.39. The fourth-order valence-corrected chi connectivity index (χ4v) is 2.14. The van der Waals surface area contributed by atoms with Gasteiger partial charge in [0.05, 0.1) is 0 Å². The highest BCUT2D eigenvalue weighted by atomic mass is 19.4. The largest absolute Gasteiger partial charge is 0.440 e. The molecule has 0 aliphatic carbocycles. The van der Waals surface area contributed by atoms with Crippen LogP contribution in [0.15, 0.2) is 16.5 Å². The van der Waals surface area contributed by atoms with Crippen molar-refractivity contribution >= 4 is 11.1 Å². The number of alkyl halides is 6. The van der Waals surface area contributed by atoms with Gasteiger partial charge in [-0.3, -0.25) is 0 Å². The molecule has 25 heavy (non-hydrogen) atoms. The Morgan fingerprint density at radius 2 is 1.80 bits per heavy atom. The standard InChI is InChI=1S/C15H16F6N2O2/c1-7(2)13-23-10-4-8(5-22-6-11(24)15(19,20)21)3-9(12(10)25-13)14(16,17)18/h3-4,7,11,22,24H,5-6H2,1-2H3/t11-/m0/s1. The molecule has 4 nitrogen and oxygen atoms in total. The zero-order chi connectivity index (χ0) is 19.0. The van der Waals surface area contributed by atoms with Crippen molar-refractivity contribution in [3.63, 3.8) is 0 Å². The third kappa shape index (κ3) is 4.63.